The molecule has 0 unspecified atom stereocenters. The van der Waals surface area contributed by atoms with Gasteiger partial charge in [0.2, 0.25) is 0 Å². The van der Waals surface area contributed by atoms with Crippen molar-refractivity contribution in [3.8, 4) is 23.0 Å². The van der Waals surface area contributed by atoms with Crippen LogP contribution in [0.1, 0.15) is 29.3 Å². The summed E-state index contributed by atoms with van der Waals surface area (Å²) in [5, 5.41) is 1.24. The molecular formula is C25H18F2S. The van der Waals surface area contributed by atoms with Crippen LogP contribution in [0, 0.1) is 23.5 Å². The van der Waals surface area contributed by atoms with Gasteiger partial charge in [0, 0.05) is 26.3 Å². The molecule has 0 nitrogen and oxygen atoms in total. The van der Waals surface area contributed by atoms with Crippen LogP contribution in [0.5, 0.6) is 0 Å². The summed E-state index contributed by atoms with van der Waals surface area (Å²) in [6, 6.07) is 19.1. The third-order valence-electron chi connectivity index (χ3n) is 4.54. The summed E-state index contributed by atoms with van der Waals surface area (Å²) in [5.74, 6) is 5.47. The van der Waals surface area contributed by atoms with Crippen LogP contribution in [0.2, 0.25) is 0 Å². The fourth-order valence-electron chi connectivity index (χ4n) is 3.13. The Morgan fingerprint density at radius 1 is 0.821 bits per heavy atom. The molecule has 1 aromatic heterocycles. The van der Waals surface area contributed by atoms with Crippen molar-refractivity contribution < 1.29 is 8.78 Å². The zero-order valence-corrected chi connectivity index (χ0v) is 16.2. The maximum absolute atomic E-state index is 14.5. The molecule has 4 rings (SSSR count). The van der Waals surface area contributed by atoms with Crippen molar-refractivity contribution >= 4 is 21.4 Å². The number of aryl methyl sites for hydroxylation is 1. The van der Waals surface area contributed by atoms with Crippen LogP contribution in [0.4, 0.5) is 8.78 Å². The summed E-state index contributed by atoms with van der Waals surface area (Å²) in [5.41, 5.74) is 2.61. The molecule has 0 saturated carbocycles. The first-order chi connectivity index (χ1) is 13.6. The van der Waals surface area contributed by atoms with E-state index < -0.39 is 0 Å². The molecule has 0 saturated heterocycles. The van der Waals surface area contributed by atoms with Crippen molar-refractivity contribution in [1.82, 2.24) is 0 Å². The van der Waals surface area contributed by atoms with Gasteiger partial charge in [-0.15, -0.1) is 11.3 Å². The molecule has 0 N–H and O–H groups in total. The molecule has 138 valence electrons. The van der Waals surface area contributed by atoms with E-state index in [-0.39, 0.29) is 11.6 Å². The average Bonchev–Trinajstić information content (AvgIpc) is 3.09. The maximum atomic E-state index is 14.5. The Bertz CT molecular complexity index is 1190. The van der Waals surface area contributed by atoms with Crippen LogP contribution in [0.15, 0.2) is 66.7 Å². The molecule has 0 atom stereocenters. The predicted molar refractivity (Wildman–Crippen MR) is 114 cm³/mol. The molecule has 3 aromatic carbocycles. The molecule has 0 aliphatic heterocycles. The summed E-state index contributed by atoms with van der Waals surface area (Å²) >= 11 is 1.81. The fraction of sp³-hybridized carbons (Fsp3) is 0.120. The van der Waals surface area contributed by atoms with E-state index >= 15 is 0 Å². The Balaban J connectivity index is 1.59. The van der Waals surface area contributed by atoms with Crippen molar-refractivity contribution in [2.45, 2.75) is 19.8 Å². The molecule has 3 heteroatoms. The van der Waals surface area contributed by atoms with E-state index in [0.717, 1.165) is 18.4 Å². The molecule has 0 bridgehead atoms. The Hall–Kier alpha value is -2.96. The molecule has 4 aromatic rings. The second kappa shape index (κ2) is 7.96. The van der Waals surface area contributed by atoms with Crippen molar-refractivity contribution in [2.75, 3.05) is 0 Å². The first-order valence-corrected chi connectivity index (χ1v) is 10.0. The molecule has 0 fully saturated rings. The lowest BCUT2D eigenvalue weighted by Crippen LogP contribution is -1.87. The van der Waals surface area contributed by atoms with Gasteiger partial charge in [-0.3, -0.25) is 0 Å². The minimum Gasteiger partial charge on any atom is -0.207 e. The van der Waals surface area contributed by atoms with E-state index in [2.05, 4.69) is 37.0 Å². The van der Waals surface area contributed by atoms with E-state index in [1.807, 2.05) is 6.07 Å². The fourth-order valence-corrected chi connectivity index (χ4v) is 4.34. The zero-order valence-electron chi connectivity index (χ0n) is 15.4. The van der Waals surface area contributed by atoms with Crippen LogP contribution in [0.3, 0.4) is 0 Å². The molecule has 0 amide bonds. The Kier molecular flexibility index (Phi) is 5.23. The normalized spacial score (nSPS) is 10.7. The highest BCUT2D eigenvalue weighted by molar-refractivity contribution is 7.19. The van der Waals surface area contributed by atoms with Gasteiger partial charge < -0.3 is 0 Å². The molecule has 0 aliphatic rings. The Morgan fingerprint density at radius 3 is 2.25 bits per heavy atom. The number of fused-ring (bicyclic) bond motifs is 1. The van der Waals surface area contributed by atoms with Crippen LogP contribution >= 0.6 is 11.3 Å². The lowest BCUT2D eigenvalue weighted by molar-refractivity contribution is 0.625. The highest BCUT2D eigenvalue weighted by atomic mass is 32.1. The van der Waals surface area contributed by atoms with Crippen molar-refractivity contribution in [3.05, 3.63) is 94.4 Å². The lowest BCUT2D eigenvalue weighted by atomic mass is 10.0. The standard InChI is InChI=1S/C25H18F2S/c1-2-3-22-16-20-8-6-18(15-25(20)28-22)5-4-17-7-13-23(24(27)14-17)19-9-11-21(26)12-10-19/h6-16H,2-3H2,1H3. The van der Waals surface area contributed by atoms with Gasteiger partial charge in [-0.05, 0) is 59.8 Å². The SMILES string of the molecule is CCCc1cc2ccc(C#Cc3ccc(-c4ccc(F)cc4)c(F)c3)cc2s1. The quantitative estimate of drug-likeness (QED) is 0.326. The Labute approximate surface area is 167 Å². The summed E-state index contributed by atoms with van der Waals surface area (Å²) < 4.78 is 28.8. The number of hydrogen-bond donors (Lipinski definition) is 0. The highest BCUT2D eigenvalue weighted by Gasteiger charge is 2.06. The number of benzene rings is 3. The van der Waals surface area contributed by atoms with Gasteiger partial charge in [-0.2, -0.15) is 0 Å². The molecule has 28 heavy (non-hydrogen) atoms. The van der Waals surface area contributed by atoms with Gasteiger partial charge in [0.25, 0.3) is 0 Å². The second-order valence-corrected chi connectivity index (χ2v) is 7.84. The summed E-state index contributed by atoms with van der Waals surface area (Å²) in [6.45, 7) is 2.18. The van der Waals surface area contributed by atoms with Gasteiger partial charge in [0.1, 0.15) is 11.6 Å². The van der Waals surface area contributed by atoms with E-state index in [1.165, 1.54) is 33.2 Å². The number of thiophene rings is 1. The van der Waals surface area contributed by atoms with Crippen LogP contribution in [0.25, 0.3) is 21.2 Å². The third kappa shape index (κ3) is 3.98. The number of rotatable bonds is 3. The molecule has 0 aliphatic carbocycles. The van der Waals surface area contributed by atoms with Crippen LogP contribution in [-0.4, -0.2) is 0 Å². The van der Waals surface area contributed by atoms with Gasteiger partial charge in [0.15, 0.2) is 0 Å². The van der Waals surface area contributed by atoms with Crippen molar-refractivity contribution in [1.29, 1.82) is 0 Å². The molecule has 0 spiro atoms. The van der Waals surface area contributed by atoms with Gasteiger partial charge in [-0.25, -0.2) is 8.78 Å². The number of hydrogen-bond acceptors (Lipinski definition) is 1. The third-order valence-corrected chi connectivity index (χ3v) is 5.70. The largest absolute Gasteiger partial charge is 0.207 e. The van der Waals surface area contributed by atoms with Gasteiger partial charge in [0.05, 0.1) is 0 Å². The molecule has 0 radical (unpaired) electrons. The molecule has 1 heterocycles. The zero-order chi connectivity index (χ0) is 19.5. The van der Waals surface area contributed by atoms with E-state index in [4.69, 9.17) is 0 Å². The first kappa shape index (κ1) is 18.4. The van der Waals surface area contributed by atoms with E-state index in [0.29, 0.717) is 16.7 Å². The topological polar surface area (TPSA) is 0 Å². The van der Waals surface area contributed by atoms with Crippen LogP contribution in [-0.2, 0) is 6.42 Å². The first-order valence-electron chi connectivity index (χ1n) is 9.22. The summed E-state index contributed by atoms with van der Waals surface area (Å²) in [4.78, 5) is 1.39. The number of halogens is 2. The minimum absolute atomic E-state index is 0.337. The van der Waals surface area contributed by atoms with Gasteiger partial charge >= 0.3 is 0 Å². The maximum Gasteiger partial charge on any atom is 0.132 e. The summed E-state index contributed by atoms with van der Waals surface area (Å²) in [7, 11) is 0. The predicted octanol–water partition coefficient (Wildman–Crippen LogP) is 7.20. The minimum atomic E-state index is -0.365. The lowest BCUT2D eigenvalue weighted by Gasteiger charge is -2.04. The van der Waals surface area contributed by atoms with E-state index in [9.17, 15) is 8.78 Å². The highest BCUT2D eigenvalue weighted by Crippen LogP contribution is 2.27. The average molecular weight is 388 g/mol. The second-order valence-electron chi connectivity index (χ2n) is 6.67. The van der Waals surface area contributed by atoms with Gasteiger partial charge in [-0.1, -0.05) is 49.5 Å². The Morgan fingerprint density at radius 2 is 1.54 bits per heavy atom. The smallest absolute Gasteiger partial charge is 0.132 e. The van der Waals surface area contributed by atoms with Crippen LogP contribution < -0.4 is 0 Å². The van der Waals surface area contributed by atoms with Crippen molar-refractivity contribution in [3.63, 3.8) is 0 Å². The summed E-state index contributed by atoms with van der Waals surface area (Å²) in [6.07, 6.45) is 2.24. The monoisotopic (exact) mass is 388 g/mol. The molecular weight excluding hydrogens is 370 g/mol. The van der Waals surface area contributed by atoms with E-state index in [1.54, 1.807) is 35.6 Å². The van der Waals surface area contributed by atoms with Crippen molar-refractivity contribution in [2.24, 2.45) is 0 Å².